The number of hydrogen-bond acceptors (Lipinski definition) is 8. The molecule has 1 aromatic rings. The Morgan fingerprint density at radius 3 is 2.95 bits per heavy atom. The maximum atomic E-state index is 9.19. The Balaban J connectivity index is 2.26. The van der Waals surface area contributed by atoms with E-state index in [1.54, 1.807) is 0 Å². The Morgan fingerprint density at radius 2 is 2.25 bits per heavy atom. The second-order valence-electron chi connectivity index (χ2n) is 4.67. The molecule has 0 radical (unpaired) electrons. The maximum absolute atomic E-state index is 9.19. The third-order valence-corrected chi connectivity index (χ3v) is 3.35. The summed E-state index contributed by atoms with van der Waals surface area (Å²) in [6, 6.07) is 0.509. The van der Waals surface area contributed by atoms with Gasteiger partial charge in [0.1, 0.15) is 0 Å². The van der Waals surface area contributed by atoms with Crippen LogP contribution in [-0.2, 0) is 0 Å². The summed E-state index contributed by atoms with van der Waals surface area (Å²) in [6.45, 7) is 3.37. The van der Waals surface area contributed by atoms with Gasteiger partial charge in [0.25, 0.3) is 0 Å². The van der Waals surface area contributed by atoms with Crippen LogP contribution in [0.15, 0.2) is 0 Å². The van der Waals surface area contributed by atoms with Crippen LogP contribution in [0.25, 0.3) is 0 Å². The van der Waals surface area contributed by atoms with E-state index in [2.05, 4.69) is 25.3 Å². The van der Waals surface area contributed by atoms with Crippen molar-refractivity contribution in [3.05, 3.63) is 0 Å². The molecule has 8 nitrogen and oxygen atoms in total. The molecular weight excluding hydrogens is 260 g/mol. The number of nitrogen functional groups attached to an aromatic ring is 1. The zero-order chi connectivity index (χ0) is 14.4. The predicted molar refractivity (Wildman–Crippen MR) is 75.5 cm³/mol. The molecule has 0 aliphatic carbocycles. The van der Waals surface area contributed by atoms with Crippen molar-refractivity contribution in [1.82, 2.24) is 15.0 Å². The average molecular weight is 282 g/mol. The quantitative estimate of drug-likeness (QED) is 0.505. The highest BCUT2D eigenvalue weighted by atomic mass is 16.5. The van der Waals surface area contributed by atoms with Gasteiger partial charge in [-0.2, -0.15) is 15.0 Å². The second-order valence-corrected chi connectivity index (χ2v) is 4.67. The lowest BCUT2D eigenvalue weighted by atomic mass is 10.0. The Labute approximate surface area is 118 Å². The summed E-state index contributed by atoms with van der Waals surface area (Å²) in [5, 5.41) is 9.19. The average Bonchev–Trinajstić information content (AvgIpc) is 2.48. The van der Waals surface area contributed by atoms with Crippen molar-refractivity contribution >= 4 is 11.9 Å². The molecule has 0 spiro atoms. The number of nitrogens with zero attached hydrogens (tertiary/aromatic N) is 4. The predicted octanol–water partition coefficient (Wildman–Crippen LogP) is 0.297. The summed E-state index contributed by atoms with van der Waals surface area (Å²) < 4.78 is 5.34. The van der Waals surface area contributed by atoms with Gasteiger partial charge >= 0.3 is 6.01 Å². The summed E-state index contributed by atoms with van der Waals surface area (Å²) in [5.74, 6) is 6.22. The Bertz CT molecular complexity index is 428. The topological polar surface area (TPSA) is 109 Å². The zero-order valence-electron chi connectivity index (χ0n) is 11.7. The first-order valence-electron chi connectivity index (χ1n) is 7.01. The molecule has 8 heteroatoms. The first kappa shape index (κ1) is 14.7. The first-order valence-corrected chi connectivity index (χ1v) is 7.01. The highest BCUT2D eigenvalue weighted by molar-refractivity contribution is 5.39. The van der Waals surface area contributed by atoms with E-state index in [1.165, 1.54) is 0 Å². The number of ether oxygens (including phenoxy) is 1. The molecule has 112 valence electrons. The van der Waals surface area contributed by atoms with Crippen molar-refractivity contribution < 1.29 is 9.84 Å². The summed E-state index contributed by atoms with van der Waals surface area (Å²) in [7, 11) is 0. The van der Waals surface area contributed by atoms with Crippen LogP contribution in [0.5, 0.6) is 6.01 Å². The van der Waals surface area contributed by atoms with E-state index >= 15 is 0 Å². The molecule has 1 aliphatic rings. The minimum absolute atomic E-state index is 0.159. The van der Waals surface area contributed by atoms with Crippen molar-refractivity contribution in [2.24, 2.45) is 5.84 Å². The number of aromatic nitrogens is 3. The minimum atomic E-state index is 0.159. The molecule has 2 rings (SSSR count). The van der Waals surface area contributed by atoms with E-state index < -0.39 is 0 Å². The maximum Gasteiger partial charge on any atom is 0.323 e. The molecule has 1 fully saturated rings. The molecule has 1 aromatic heterocycles. The van der Waals surface area contributed by atoms with Gasteiger partial charge in [-0.25, -0.2) is 5.84 Å². The third-order valence-electron chi connectivity index (χ3n) is 3.35. The highest BCUT2D eigenvalue weighted by Gasteiger charge is 2.25. The molecule has 1 atom stereocenters. The van der Waals surface area contributed by atoms with Crippen molar-refractivity contribution in [1.29, 1.82) is 0 Å². The van der Waals surface area contributed by atoms with Crippen LogP contribution in [0.1, 0.15) is 32.6 Å². The summed E-state index contributed by atoms with van der Waals surface area (Å²) in [6.07, 6.45) is 3.98. The molecule has 1 aliphatic heterocycles. The van der Waals surface area contributed by atoms with Gasteiger partial charge in [0, 0.05) is 19.2 Å². The lowest BCUT2D eigenvalue weighted by molar-refractivity contribution is 0.261. The van der Waals surface area contributed by atoms with Crippen LogP contribution in [0.4, 0.5) is 11.9 Å². The van der Waals surface area contributed by atoms with Gasteiger partial charge in [-0.15, -0.1) is 0 Å². The van der Waals surface area contributed by atoms with E-state index in [0.29, 0.717) is 19.0 Å². The van der Waals surface area contributed by atoms with Gasteiger partial charge in [-0.1, -0.05) is 0 Å². The van der Waals surface area contributed by atoms with Gasteiger partial charge in [0.15, 0.2) is 0 Å². The standard InChI is InChI=1S/C12H22N6O2/c1-2-20-12-15-10(17-13)14-11(16-12)18-7-4-3-5-9(18)6-8-19/h9,19H,2-8,13H2,1H3,(H,14,15,16,17). The molecular formula is C12H22N6O2. The van der Waals surface area contributed by atoms with Gasteiger partial charge < -0.3 is 14.7 Å². The number of nitrogens with two attached hydrogens (primary N) is 1. The number of rotatable bonds is 6. The monoisotopic (exact) mass is 282 g/mol. The third kappa shape index (κ3) is 3.45. The molecule has 0 aromatic carbocycles. The number of anilines is 2. The van der Waals surface area contributed by atoms with Crippen LogP contribution in [0.3, 0.4) is 0 Å². The largest absolute Gasteiger partial charge is 0.464 e. The lowest BCUT2D eigenvalue weighted by Crippen LogP contribution is -2.41. The van der Waals surface area contributed by atoms with Gasteiger partial charge in [0.2, 0.25) is 11.9 Å². The Hall–Kier alpha value is -1.67. The summed E-state index contributed by atoms with van der Waals surface area (Å²) in [5.41, 5.74) is 2.43. The van der Waals surface area contributed by atoms with E-state index in [0.717, 1.165) is 25.8 Å². The van der Waals surface area contributed by atoms with E-state index in [-0.39, 0.29) is 24.6 Å². The highest BCUT2D eigenvalue weighted by Crippen LogP contribution is 2.25. The lowest BCUT2D eigenvalue weighted by Gasteiger charge is -2.35. The van der Waals surface area contributed by atoms with Crippen molar-refractivity contribution in [3.63, 3.8) is 0 Å². The number of aliphatic hydroxyl groups is 1. The minimum Gasteiger partial charge on any atom is -0.464 e. The number of hydrogen-bond donors (Lipinski definition) is 3. The molecule has 4 N–H and O–H groups in total. The number of hydrazine groups is 1. The zero-order valence-corrected chi connectivity index (χ0v) is 11.7. The van der Waals surface area contributed by atoms with Crippen molar-refractivity contribution in [2.75, 3.05) is 30.1 Å². The molecule has 2 heterocycles. The SMILES string of the molecule is CCOc1nc(NN)nc(N2CCCCC2CCO)n1. The molecule has 0 bridgehead atoms. The first-order chi connectivity index (χ1) is 9.78. The van der Waals surface area contributed by atoms with E-state index in [9.17, 15) is 5.11 Å². The fourth-order valence-electron chi connectivity index (χ4n) is 2.45. The van der Waals surface area contributed by atoms with Crippen LogP contribution >= 0.6 is 0 Å². The number of aliphatic hydroxyl groups excluding tert-OH is 1. The van der Waals surface area contributed by atoms with E-state index in [4.69, 9.17) is 10.6 Å². The fraction of sp³-hybridized carbons (Fsp3) is 0.750. The van der Waals surface area contributed by atoms with Crippen molar-refractivity contribution in [2.45, 2.75) is 38.6 Å². The molecule has 0 saturated carbocycles. The molecule has 1 saturated heterocycles. The fourth-order valence-corrected chi connectivity index (χ4v) is 2.45. The van der Waals surface area contributed by atoms with Crippen LogP contribution in [0.2, 0.25) is 0 Å². The van der Waals surface area contributed by atoms with Crippen LogP contribution in [0, 0.1) is 0 Å². The number of nitrogens with one attached hydrogen (secondary N) is 1. The Kier molecular flexibility index (Phi) is 5.31. The number of piperidine rings is 1. The Morgan fingerprint density at radius 1 is 1.40 bits per heavy atom. The van der Waals surface area contributed by atoms with Crippen LogP contribution in [-0.4, -0.2) is 45.9 Å². The van der Waals surface area contributed by atoms with Crippen molar-refractivity contribution in [3.8, 4) is 6.01 Å². The summed E-state index contributed by atoms with van der Waals surface area (Å²) >= 11 is 0. The molecule has 20 heavy (non-hydrogen) atoms. The van der Waals surface area contributed by atoms with Gasteiger partial charge in [0.05, 0.1) is 6.61 Å². The molecule has 0 amide bonds. The van der Waals surface area contributed by atoms with E-state index in [1.807, 2.05) is 6.92 Å². The smallest absolute Gasteiger partial charge is 0.323 e. The van der Waals surface area contributed by atoms with Gasteiger partial charge in [-0.3, -0.25) is 5.43 Å². The second kappa shape index (κ2) is 7.20. The normalized spacial score (nSPS) is 18.9. The molecule has 1 unspecified atom stereocenters. The summed E-state index contributed by atoms with van der Waals surface area (Å²) in [4.78, 5) is 14.8. The van der Waals surface area contributed by atoms with Crippen LogP contribution < -0.4 is 20.9 Å². The van der Waals surface area contributed by atoms with Gasteiger partial charge in [-0.05, 0) is 32.6 Å².